The lowest BCUT2D eigenvalue weighted by Crippen LogP contribution is -2.50. The predicted molar refractivity (Wildman–Crippen MR) is 117 cm³/mol. The van der Waals surface area contributed by atoms with E-state index in [-0.39, 0.29) is 35.4 Å². The molecule has 0 atom stereocenters. The van der Waals surface area contributed by atoms with Crippen molar-refractivity contribution in [3.05, 3.63) is 54.1 Å². The normalized spacial score (nSPS) is 14.1. The molecule has 0 aromatic heterocycles. The number of nitrogens with zero attached hydrogens (tertiary/aromatic N) is 3. The van der Waals surface area contributed by atoms with Gasteiger partial charge in [0.1, 0.15) is 5.75 Å². The first-order chi connectivity index (χ1) is 15.5. The van der Waals surface area contributed by atoms with Crippen molar-refractivity contribution in [3.8, 4) is 11.8 Å². The van der Waals surface area contributed by atoms with Gasteiger partial charge in [-0.05, 0) is 24.3 Å². The van der Waals surface area contributed by atoms with E-state index in [0.717, 1.165) is 4.90 Å². The van der Waals surface area contributed by atoms with Gasteiger partial charge in [-0.15, -0.1) is 11.8 Å². The fraction of sp³-hybridized carbons (Fsp3) is 0.318. The molecule has 2 amide bonds. The number of rotatable bonds is 8. The summed E-state index contributed by atoms with van der Waals surface area (Å²) in [6.07, 6.45) is 0. The van der Waals surface area contributed by atoms with E-state index in [4.69, 9.17) is 5.26 Å². The van der Waals surface area contributed by atoms with E-state index in [0.29, 0.717) is 31.9 Å². The van der Waals surface area contributed by atoms with Gasteiger partial charge in [0.25, 0.3) is 5.91 Å². The third-order valence-electron chi connectivity index (χ3n) is 4.81. The van der Waals surface area contributed by atoms with Crippen molar-refractivity contribution in [2.24, 2.45) is 0 Å². The Balaban J connectivity index is 1.53. The fourth-order valence-corrected chi connectivity index (χ4v) is 3.99. The molecule has 1 aliphatic rings. The second-order valence-corrected chi connectivity index (χ2v) is 7.95. The Morgan fingerprint density at radius 3 is 2.50 bits per heavy atom. The van der Waals surface area contributed by atoms with Gasteiger partial charge in [0.05, 0.1) is 29.6 Å². The van der Waals surface area contributed by atoms with Crippen LogP contribution in [-0.4, -0.2) is 66.7 Å². The van der Waals surface area contributed by atoms with Gasteiger partial charge in [-0.3, -0.25) is 14.5 Å². The number of halogens is 2. The molecule has 3 rings (SSSR count). The van der Waals surface area contributed by atoms with Crippen LogP contribution in [0.4, 0.5) is 14.5 Å². The number of thioether (sulfide) groups is 1. The highest BCUT2D eigenvalue weighted by atomic mass is 32.2. The first kappa shape index (κ1) is 23.5. The number of hydrogen-bond acceptors (Lipinski definition) is 6. The molecule has 1 fully saturated rings. The maximum atomic E-state index is 12.8. The number of nitriles is 1. The largest absolute Gasteiger partial charge is 0.434 e. The van der Waals surface area contributed by atoms with Crippen LogP contribution in [0.25, 0.3) is 0 Å². The topological polar surface area (TPSA) is 85.7 Å². The lowest BCUT2D eigenvalue weighted by molar-refractivity contribution is -0.117. The molecular formula is C22H22F2N4O3S. The van der Waals surface area contributed by atoms with E-state index in [1.54, 1.807) is 17.0 Å². The summed E-state index contributed by atoms with van der Waals surface area (Å²) in [7, 11) is 0. The number of amides is 2. The zero-order chi connectivity index (χ0) is 22.9. The Hall–Kier alpha value is -3.16. The van der Waals surface area contributed by atoms with Crippen LogP contribution in [0.3, 0.4) is 0 Å². The minimum atomic E-state index is -3.01. The molecule has 0 unspecified atom stereocenters. The highest BCUT2D eigenvalue weighted by Gasteiger charge is 2.26. The quantitative estimate of drug-likeness (QED) is 0.609. The lowest BCUT2D eigenvalue weighted by atomic mass is 10.1. The summed E-state index contributed by atoms with van der Waals surface area (Å²) in [5, 5.41) is 11.6. The van der Waals surface area contributed by atoms with Crippen molar-refractivity contribution >= 4 is 29.3 Å². The van der Waals surface area contributed by atoms with Crippen molar-refractivity contribution in [2.45, 2.75) is 11.5 Å². The van der Waals surface area contributed by atoms with E-state index in [9.17, 15) is 18.4 Å². The standard InChI is InChI=1S/C22H22F2N4O3S/c23-22(24)31-18-7-3-1-5-16(18)21(30)28-12-10-27(11-13-28)15-20(29)26-17-6-2-4-8-19(17)32-14-9-25/h1-8,22H,10-15H2,(H,26,29). The lowest BCUT2D eigenvalue weighted by Gasteiger charge is -2.34. The number of piperazine rings is 1. The second kappa shape index (κ2) is 11.5. The minimum Gasteiger partial charge on any atom is -0.434 e. The van der Waals surface area contributed by atoms with Crippen LogP contribution in [-0.2, 0) is 4.79 Å². The van der Waals surface area contributed by atoms with E-state index in [1.807, 2.05) is 23.1 Å². The number of nitrogens with one attached hydrogen (secondary N) is 1. The molecule has 10 heteroatoms. The van der Waals surface area contributed by atoms with Gasteiger partial charge in [-0.25, -0.2) is 0 Å². The number of carbonyl (C=O) groups is 2. The van der Waals surface area contributed by atoms with Crippen molar-refractivity contribution in [1.82, 2.24) is 9.80 Å². The minimum absolute atomic E-state index is 0.0884. The highest BCUT2D eigenvalue weighted by molar-refractivity contribution is 7.99. The molecule has 0 spiro atoms. The van der Waals surface area contributed by atoms with Gasteiger partial charge in [0.2, 0.25) is 5.91 Å². The van der Waals surface area contributed by atoms with Crippen LogP contribution in [0.5, 0.6) is 5.75 Å². The zero-order valence-electron chi connectivity index (χ0n) is 17.2. The molecular weight excluding hydrogens is 438 g/mol. The van der Waals surface area contributed by atoms with E-state index in [2.05, 4.69) is 16.1 Å². The summed E-state index contributed by atoms with van der Waals surface area (Å²) in [5.74, 6) is -0.435. The zero-order valence-corrected chi connectivity index (χ0v) is 18.0. The number of ether oxygens (including phenoxy) is 1. The van der Waals surface area contributed by atoms with Crippen molar-refractivity contribution in [3.63, 3.8) is 0 Å². The molecule has 1 saturated heterocycles. The van der Waals surface area contributed by atoms with E-state index < -0.39 is 6.61 Å². The summed E-state index contributed by atoms with van der Waals surface area (Å²) in [6.45, 7) is -1.18. The van der Waals surface area contributed by atoms with Crippen molar-refractivity contribution in [2.75, 3.05) is 43.8 Å². The summed E-state index contributed by atoms with van der Waals surface area (Å²) >= 11 is 1.35. The number of alkyl halides is 2. The molecule has 7 nitrogen and oxygen atoms in total. The average molecular weight is 461 g/mol. The molecule has 168 valence electrons. The molecule has 2 aromatic rings. The van der Waals surface area contributed by atoms with Crippen LogP contribution in [0.2, 0.25) is 0 Å². The smallest absolute Gasteiger partial charge is 0.387 e. The number of para-hydroxylation sites is 2. The van der Waals surface area contributed by atoms with E-state index >= 15 is 0 Å². The molecule has 1 heterocycles. The number of benzene rings is 2. The molecule has 0 saturated carbocycles. The van der Waals surface area contributed by atoms with Crippen LogP contribution < -0.4 is 10.1 Å². The first-order valence-electron chi connectivity index (χ1n) is 9.92. The third kappa shape index (κ3) is 6.42. The van der Waals surface area contributed by atoms with Gasteiger partial charge in [0.15, 0.2) is 0 Å². The number of anilines is 1. The van der Waals surface area contributed by atoms with Gasteiger partial charge >= 0.3 is 6.61 Å². The molecule has 0 bridgehead atoms. The van der Waals surface area contributed by atoms with Crippen LogP contribution in [0.15, 0.2) is 53.4 Å². The SMILES string of the molecule is N#CCSc1ccccc1NC(=O)CN1CCN(C(=O)c2ccccc2OC(F)F)CC1. The third-order valence-corrected chi connectivity index (χ3v) is 5.75. The Bertz CT molecular complexity index is 991. The first-order valence-corrected chi connectivity index (χ1v) is 10.9. The highest BCUT2D eigenvalue weighted by Crippen LogP contribution is 2.26. The molecule has 0 radical (unpaired) electrons. The van der Waals surface area contributed by atoms with Gasteiger partial charge < -0.3 is 15.0 Å². The number of carbonyl (C=O) groups excluding carboxylic acids is 2. The van der Waals surface area contributed by atoms with Crippen LogP contribution in [0.1, 0.15) is 10.4 Å². The fourth-order valence-electron chi connectivity index (χ4n) is 3.32. The maximum absolute atomic E-state index is 12.8. The summed E-state index contributed by atoms with van der Waals surface area (Å²) in [4.78, 5) is 29.6. The molecule has 32 heavy (non-hydrogen) atoms. The Morgan fingerprint density at radius 2 is 1.78 bits per heavy atom. The molecule has 1 N–H and O–H groups in total. The summed E-state index contributed by atoms with van der Waals surface area (Å²) in [6, 6.07) is 15.3. The molecule has 0 aliphatic carbocycles. The van der Waals surface area contributed by atoms with Crippen molar-refractivity contribution < 1.29 is 23.1 Å². The average Bonchev–Trinajstić information content (AvgIpc) is 2.78. The van der Waals surface area contributed by atoms with Crippen molar-refractivity contribution in [1.29, 1.82) is 5.26 Å². The Morgan fingerprint density at radius 1 is 1.09 bits per heavy atom. The summed E-state index contributed by atoms with van der Waals surface area (Å²) < 4.78 is 29.7. The van der Waals surface area contributed by atoms with Crippen LogP contribution >= 0.6 is 11.8 Å². The molecule has 1 aliphatic heterocycles. The monoisotopic (exact) mass is 460 g/mol. The van der Waals surface area contributed by atoms with Gasteiger partial charge in [-0.2, -0.15) is 14.0 Å². The molecule has 2 aromatic carbocycles. The predicted octanol–water partition coefficient (Wildman–Crippen LogP) is 3.30. The van der Waals surface area contributed by atoms with E-state index in [1.165, 1.54) is 30.0 Å². The second-order valence-electron chi connectivity index (χ2n) is 6.93. The summed E-state index contributed by atoms with van der Waals surface area (Å²) in [5.41, 5.74) is 0.743. The Labute approximate surface area is 188 Å². The van der Waals surface area contributed by atoms with Gasteiger partial charge in [-0.1, -0.05) is 24.3 Å². The maximum Gasteiger partial charge on any atom is 0.387 e. The Kier molecular flexibility index (Phi) is 8.41. The number of hydrogen-bond donors (Lipinski definition) is 1. The van der Waals surface area contributed by atoms with Crippen LogP contribution in [0, 0.1) is 11.3 Å². The van der Waals surface area contributed by atoms with Gasteiger partial charge in [0, 0.05) is 31.1 Å².